The Hall–Kier alpha value is -1.64. The maximum atomic E-state index is 13.4. The minimum atomic E-state index is -4.50. The molecule has 8 heteroatoms. The Morgan fingerprint density at radius 3 is 2.56 bits per heavy atom. The molecule has 1 fully saturated rings. The molecule has 1 aromatic rings. The fourth-order valence-electron chi connectivity index (χ4n) is 3.12. The number of nitrogens with zero attached hydrogens (tertiary/aromatic N) is 1. The molecule has 1 atom stereocenters. The molecule has 140 valence electrons. The summed E-state index contributed by atoms with van der Waals surface area (Å²) in [5.74, 6) is -1.37. The zero-order chi connectivity index (χ0) is 18.8. The monoisotopic (exact) mass is 360 g/mol. The van der Waals surface area contributed by atoms with Gasteiger partial charge in [0.2, 0.25) is 0 Å². The van der Waals surface area contributed by atoms with Crippen LogP contribution in [0.5, 0.6) is 0 Å². The number of aliphatic carboxylic acids is 1. The van der Waals surface area contributed by atoms with Crippen LogP contribution in [0.3, 0.4) is 0 Å². The van der Waals surface area contributed by atoms with E-state index < -0.39 is 30.4 Å². The number of carbonyl (C=O) groups is 1. The highest BCUT2D eigenvalue weighted by atomic mass is 19.4. The number of aliphatic hydroxyl groups is 1. The minimum Gasteiger partial charge on any atom is -0.480 e. The maximum Gasteiger partial charge on any atom is 0.416 e. The Kier molecular flexibility index (Phi) is 6.08. The number of piperazine rings is 1. The molecule has 25 heavy (non-hydrogen) atoms. The highest BCUT2D eigenvalue weighted by Gasteiger charge is 2.36. The fourth-order valence-corrected chi connectivity index (χ4v) is 3.12. The van der Waals surface area contributed by atoms with Crippen molar-refractivity contribution in [3.63, 3.8) is 0 Å². The van der Waals surface area contributed by atoms with E-state index in [-0.39, 0.29) is 24.6 Å². The molecule has 0 bridgehead atoms. The highest BCUT2D eigenvalue weighted by molar-refractivity contribution is 5.74. The lowest BCUT2D eigenvalue weighted by atomic mass is 9.91. The van der Waals surface area contributed by atoms with Crippen molar-refractivity contribution in [2.45, 2.75) is 45.1 Å². The summed E-state index contributed by atoms with van der Waals surface area (Å²) in [6, 6.07) is 1.64. The number of carboxylic acid groups (broad SMARTS) is 1. The van der Waals surface area contributed by atoms with Crippen LogP contribution in [-0.4, -0.2) is 46.8 Å². The molecule has 1 heterocycles. The molecule has 2 rings (SSSR count). The molecule has 0 unspecified atom stereocenters. The van der Waals surface area contributed by atoms with Crippen molar-refractivity contribution in [3.8, 4) is 0 Å². The van der Waals surface area contributed by atoms with E-state index in [9.17, 15) is 28.2 Å². The zero-order valence-corrected chi connectivity index (χ0v) is 14.2. The molecule has 0 amide bonds. The number of aliphatic hydroxyl groups excluding tert-OH is 1. The van der Waals surface area contributed by atoms with Crippen molar-refractivity contribution in [2.24, 2.45) is 0 Å². The Balaban J connectivity index is 2.44. The molecule has 3 N–H and O–H groups in total. The standard InChI is InChI=1S/C17H23F3N2O3/c1-10(2)13-5-12(9-23)11(6-14(13)17(18,19)20)8-22-4-3-21-7-15(22)16(24)25/h5-6,10,15,21,23H,3-4,7-9H2,1-2H3,(H,24,25)/t15-/m0/s1. The number of hydrogen-bond donors (Lipinski definition) is 3. The van der Waals surface area contributed by atoms with Crippen LogP contribution in [0.15, 0.2) is 12.1 Å². The van der Waals surface area contributed by atoms with Gasteiger partial charge in [0.1, 0.15) is 6.04 Å². The lowest BCUT2D eigenvalue weighted by molar-refractivity contribution is -0.144. The average molecular weight is 360 g/mol. The minimum absolute atomic E-state index is 0.0516. The van der Waals surface area contributed by atoms with Crippen molar-refractivity contribution in [1.82, 2.24) is 10.2 Å². The molecule has 0 saturated carbocycles. The molecule has 1 saturated heterocycles. The molecular formula is C17H23F3N2O3. The lowest BCUT2D eigenvalue weighted by Crippen LogP contribution is -2.54. The van der Waals surface area contributed by atoms with E-state index in [0.29, 0.717) is 24.2 Å². The van der Waals surface area contributed by atoms with Gasteiger partial charge < -0.3 is 15.5 Å². The van der Waals surface area contributed by atoms with Gasteiger partial charge >= 0.3 is 12.1 Å². The van der Waals surface area contributed by atoms with Gasteiger partial charge in [-0.1, -0.05) is 19.9 Å². The number of benzene rings is 1. The van der Waals surface area contributed by atoms with Gasteiger partial charge in [0.25, 0.3) is 0 Å². The molecule has 1 aromatic carbocycles. The topological polar surface area (TPSA) is 72.8 Å². The second kappa shape index (κ2) is 7.72. The van der Waals surface area contributed by atoms with E-state index >= 15 is 0 Å². The summed E-state index contributed by atoms with van der Waals surface area (Å²) in [4.78, 5) is 13.0. The van der Waals surface area contributed by atoms with E-state index in [0.717, 1.165) is 6.07 Å². The van der Waals surface area contributed by atoms with Crippen LogP contribution in [-0.2, 0) is 24.1 Å². The Morgan fingerprint density at radius 1 is 1.36 bits per heavy atom. The molecule has 0 radical (unpaired) electrons. The van der Waals surface area contributed by atoms with Crippen LogP contribution in [0, 0.1) is 0 Å². The molecule has 1 aliphatic rings. The smallest absolute Gasteiger partial charge is 0.416 e. The SMILES string of the molecule is CC(C)c1cc(CO)c(CN2CCNC[C@H]2C(=O)O)cc1C(F)(F)F. The first-order valence-corrected chi connectivity index (χ1v) is 8.16. The Labute approximate surface area is 144 Å². The van der Waals surface area contributed by atoms with Crippen LogP contribution in [0.25, 0.3) is 0 Å². The molecule has 1 aliphatic heterocycles. The molecule has 0 aromatic heterocycles. The third-order valence-corrected chi connectivity index (χ3v) is 4.48. The zero-order valence-electron chi connectivity index (χ0n) is 14.2. The van der Waals surface area contributed by atoms with Gasteiger partial charge in [-0.05, 0) is 28.7 Å². The second-order valence-corrected chi connectivity index (χ2v) is 6.55. The summed E-state index contributed by atoms with van der Waals surface area (Å²) >= 11 is 0. The van der Waals surface area contributed by atoms with E-state index in [4.69, 9.17) is 0 Å². The van der Waals surface area contributed by atoms with Crippen molar-refractivity contribution in [2.75, 3.05) is 19.6 Å². The Bertz CT molecular complexity index is 632. The quantitative estimate of drug-likeness (QED) is 0.751. The van der Waals surface area contributed by atoms with Crippen LogP contribution < -0.4 is 5.32 Å². The number of rotatable bonds is 5. The number of alkyl halides is 3. The molecule has 0 spiro atoms. The highest BCUT2D eigenvalue weighted by Crippen LogP contribution is 2.37. The van der Waals surface area contributed by atoms with E-state index in [1.807, 2.05) is 0 Å². The first-order chi connectivity index (χ1) is 11.6. The van der Waals surface area contributed by atoms with Gasteiger partial charge in [-0.2, -0.15) is 13.2 Å². The van der Waals surface area contributed by atoms with E-state index in [1.54, 1.807) is 18.7 Å². The first kappa shape index (κ1) is 19.7. The van der Waals surface area contributed by atoms with Crippen molar-refractivity contribution in [3.05, 3.63) is 34.4 Å². The number of nitrogens with one attached hydrogen (secondary N) is 1. The van der Waals surface area contributed by atoms with Gasteiger partial charge in [-0.25, -0.2) is 0 Å². The summed E-state index contributed by atoms with van der Waals surface area (Å²) in [6.07, 6.45) is -4.50. The molecule has 0 aliphatic carbocycles. The largest absolute Gasteiger partial charge is 0.480 e. The van der Waals surface area contributed by atoms with Gasteiger partial charge in [-0.15, -0.1) is 0 Å². The third-order valence-electron chi connectivity index (χ3n) is 4.48. The first-order valence-electron chi connectivity index (χ1n) is 8.16. The second-order valence-electron chi connectivity index (χ2n) is 6.55. The summed E-state index contributed by atoms with van der Waals surface area (Å²) in [7, 11) is 0. The van der Waals surface area contributed by atoms with Gasteiger partial charge in [0.05, 0.1) is 12.2 Å². The van der Waals surface area contributed by atoms with Crippen molar-refractivity contribution >= 4 is 5.97 Å². The fraction of sp³-hybridized carbons (Fsp3) is 0.588. The van der Waals surface area contributed by atoms with Crippen molar-refractivity contribution in [1.29, 1.82) is 0 Å². The van der Waals surface area contributed by atoms with Crippen LogP contribution in [0.2, 0.25) is 0 Å². The number of hydrogen-bond acceptors (Lipinski definition) is 4. The average Bonchev–Trinajstić information content (AvgIpc) is 2.53. The van der Waals surface area contributed by atoms with Gasteiger partial charge in [0, 0.05) is 26.2 Å². The van der Waals surface area contributed by atoms with Gasteiger partial charge in [0.15, 0.2) is 0 Å². The normalized spacial score (nSPS) is 19.4. The molecule has 5 nitrogen and oxygen atoms in total. The van der Waals surface area contributed by atoms with Crippen molar-refractivity contribution < 1.29 is 28.2 Å². The van der Waals surface area contributed by atoms with Crippen LogP contribution in [0.4, 0.5) is 13.2 Å². The van der Waals surface area contributed by atoms with E-state index in [2.05, 4.69) is 5.32 Å². The van der Waals surface area contributed by atoms with Gasteiger partial charge in [-0.3, -0.25) is 9.69 Å². The lowest BCUT2D eigenvalue weighted by Gasteiger charge is -2.34. The summed E-state index contributed by atoms with van der Waals surface area (Å²) in [5.41, 5.74) is 0.124. The third kappa shape index (κ3) is 4.50. The number of halogens is 3. The van der Waals surface area contributed by atoms with Crippen LogP contribution >= 0.6 is 0 Å². The van der Waals surface area contributed by atoms with E-state index in [1.165, 1.54) is 6.07 Å². The van der Waals surface area contributed by atoms with Crippen LogP contribution in [0.1, 0.15) is 42.0 Å². The predicted molar refractivity (Wildman–Crippen MR) is 86.2 cm³/mol. The summed E-state index contributed by atoms with van der Waals surface area (Å²) < 4.78 is 40.3. The summed E-state index contributed by atoms with van der Waals surface area (Å²) in [6.45, 7) is 4.21. The summed E-state index contributed by atoms with van der Waals surface area (Å²) in [5, 5.41) is 21.9. The maximum absolute atomic E-state index is 13.4. The molecular weight excluding hydrogens is 337 g/mol. The Morgan fingerprint density at radius 2 is 2.04 bits per heavy atom. The number of carboxylic acids is 1. The predicted octanol–water partition coefficient (Wildman–Crippen LogP) is 2.18.